The van der Waals surface area contributed by atoms with Crippen LogP contribution in [-0.4, -0.2) is 36.0 Å². The molecule has 0 radical (unpaired) electrons. The number of alkyl halides is 3. The number of aryl methyl sites for hydroxylation is 1. The van der Waals surface area contributed by atoms with Crippen LogP contribution in [0.1, 0.15) is 23.6 Å². The smallest absolute Gasteiger partial charge is 0.353 e. The quantitative estimate of drug-likeness (QED) is 0.872. The molecule has 2 N–H and O–H groups in total. The van der Waals surface area contributed by atoms with Crippen molar-refractivity contribution < 1.29 is 22.8 Å². The maximum absolute atomic E-state index is 12.6. The molecular formula is C15H18F3N3O2. The first-order valence-corrected chi connectivity index (χ1v) is 7.19. The number of halogens is 3. The Bertz CT molecular complexity index is 616. The summed E-state index contributed by atoms with van der Waals surface area (Å²) in [4.78, 5) is 25.1. The fourth-order valence-electron chi connectivity index (χ4n) is 2.40. The van der Waals surface area contributed by atoms with Crippen molar-refractivity contribution in [3.05, 3.63) is 34.9 Å². The van der Waals surface area contributed by atoms with E-state index in [-0.39, 0.29) is 12.5 Å². The Morgan fingerprint density at radius 1 is 1.43 bits per heavy atom. The summed E-state index contributed by atoms with van der Waals surface area (Å²) in [6.45, 7) is 4.07. The number of benzene rings is 1. The molecule has 1 aromatic rings. The van der Waals surface area contributed by atoms with Crippen LogP contribution >= 0.6 is 0 Å². The zero-order valence-corrected chi connectivity index (χ0v) is 12.8. The predicted octanol–water partition coefficient (Wildman–Crippen LogP) is 2.04. The van der Waals surface area contributed by atoms with Crippen LogP contribution in [0.2, 0.25) is 0 Å². The number of nitrogens with one attached hydrogen (secondary N) is 2. The molecule has 5 nitrogen and oxygen atoms in total. The second-order valence-corrected chi connectivity index (χ2v) is 5.46. The van der Waals surface area contributed by atoms with Gasteiger partial charge in [0.05, 0.1) is 5.56 Å². The summed E-state index contributed by atoms with van der Waals surface area (Å²) in [6.07, 6.45) is -4.39. The van der Waals surface area contributed by atoms with Crippen molar-refractivity contribution in [1.29, 1.82) is 0 Å². The van der Waals surface area contributed by atoms with E-state index in [1.807, 2.05) is 0 Å². The van der Waals surface area contributed by atoms with E-state index in [4.69, 9.17) is 0 Å². The van der Waals surface area contributed by atoms with E-state index in [1.54, 1.807) is 13.8 Å². The van der Waals surface area contributed by atoms with Gasteiger partial charge in [0.1, 0.15) is 6.04 Å². The first-order chi connectivity index (χ1) is 10.7. The molecule has 1 atom stereocenters. The van der Waals surface area contributed by atoms with Gasteiger partial charge >= 0.3 is 12.2 Å². The van der Waals surface area contributed by atoms with Crippen LogP contribution in [-0.2, 0) is 17.5 Å². The SMILES string of the molecule is Cc1cc(C(F)(F)F)ccc1CNC(=O)N1CCNC(=O)[C@H]1C. The third kappa shape index (κ3) is 3.94. The molecule has 3 amide bonds. The Labute approximate surface area is 131 Å². The Morgan fingerprint density at radius 3 is 2.74 bits per heavy atom. The number of urea groups is 1. The van der Waals surface area contributed by atoms with Crippen molar-refractivity contribution in [3.8, 4) is 0 Å². The number of carbonyl (C=O) groups is 2. The predicted molar refractivity (Wildman–Crippen MR) is 77.6 cm³/mol. The summed E-state index contributed by atoms with van der Waals surface area (Å²) in [6, 6.07) is 2.42. The number of nitrogens with zero attached hydrogens (tertiary/aromatic N) is 1. The third-order valence-electron chi connectivity index (χ3n) is 3.86. The average Bonchev–Trinajstić information content (AvgIpc) is 2.47. The fourth-order valence-corrected chi connectivity index (χ4v) is 2.40. The van der Waals surface area contributed by atoms with Gasteiger partial charge in [-0.3, -0.25) is 4.79 Å². The van der Waals surface area contributed by atoms with Crippen LogP contribution in [0.25, 0.3) is 0 Å². The molecule has 1 saturated heterocycles. The minimum absolute atomic E-state index is 0.105. The van der Waals surface area contributed by atoms with Crippen molar-refractivity contribution >= 4 is 11.9 Å². The lowest BCUT2D eigenvalue weighted by molar-refractivity contribution is -0.137. The van der Waals surface area contributed by atoms with Gasteiger partial charge in [0.15, 0.2) is 0 Å². The topological polar surface area (TPSA) is 61.4 Å². The van der Waals surface area contributed by atoms with Gasteiger partial charge in [-0.25, -0.2) is 4.79 Å². The van der Waals surface area contributed by atoms with Crippen LogP contribution in [0.4, 0.5) is 18.0 Å². The van der Waals surface area contributed by atoms with E-state index in [9.17, 15) is 22.8 Å². The van der Waals surface area contributed by atoms with Gasteiger partial charge in [0.2, 0.25) is 5.91 Å². The molecule has 23 heavy (non-hydrogen) atoms. The van der Waals surface area contributed by atoms with Crippen LogP contribution in [0.3, 0.4) is 0 Å². The molecule has 0 saturated carbocycles. The first-order valence-electron chi connectivity index (χ1n) is 7.19. The molecule has 0 spiro atoms. The molecule has 0 bridgehead atoms. The molecule has 2 rings (SSSR count). The number of piperazine rings is 1. The normalized spacial score (nSPS) is 18.6. The van der Waals surface area contributed by atoms with Crippen molar-refractivity contribution in [2.24, 2.45) is 0 Å². The molecule has 1 fully saturated rings. The van der Waals surface area contributed by atoms with Gasteiger partial charge < -0.3 is 15.5 Å². The highest BCUT2D eigenvalue weighted by Gasteiger charge is 2.31. The standard InChI is InChI=1S/C15H18F3N3O2/c1-9-7-12(15(16,17)18)4-3-11(9)8-20-14(23)21-6-5-19-13(22)10(21)2/h3-4,7,10H,5-6,8H2,1-2H3,(H,19,22)(H,20,23)/t10-/m1/s1. The highest BCUT2D eigenvalue weighted by atomic mass is 19.4. The van der Waals surface area contributed by atoms with Crippen molar-refractivity contribution in [2.75, 3.05) is 13.1 Å². The maximum atomic E-state index is 12.6. The summed E-state index contributed by atoms with van der Waals surface area (Å²) >= 11 is 0. The van der Waals surface area contributed by atoms with Gasteiger partial charge in [-0.15, -0.1) is 0 Å². The highest BCUT2D eigenvalue weighted by Crippen LogP contribution is 2.30. The minimum atomic E-state index is -4.39. The maximum Gasteiger partial charge on any atom is 0.416 e. The molecular weight excluding hydrogens is 311 g/mol. The Balaban J connectivity index is 2.00. The molecule has 1 aliphatic rings. The number of rotatable bonds is 2. The lowest BCUT2D eigenvalue weighted by Crippen LogP contribution is -2.58. The highest BCUT2D eigenvalue weighted by molar-refractivity contribution is 5.87. The number of hydrogen-bond acceptors (Lipinski definition) is 2. The molecule has 0 aromatic heterocycles. The Kier molecular flexibility index (Phi) is 4.82. The van der Waals surface area contributed by atoms with E-state index >= 15 is 0 Å². The molecule has 8 heteroatoms. The van der Waals surface area contributed by atoms with E-state index < -0.39 is 23.8 Å². The molecule has 0 aliphatic carbocycles. The van der Waals surface area contributed by atoms with Crippen LogP contribution in [0.15, 0.2) is 18.2 Å². The third-order valence-corrected chi connectivity index (χ3v) is 3.86. The summed E-state index contributed by atoms with van der Waals surface area (Å²) in [5.74, 6) is -0.225. The van der Waals surface area contributed by atoms with Gasteiger partial charge in [0, 0.05) is 19.6 Å². The lowest BCUT2D eigenvalue weighted by atomic mass is 10.0. The second kappa shape index (κ2) is 6.47. The van der Waals surface area contributed by atoms with Crippen LogP contribution < -0.4 is 10.6 Å². The molecule has 1 aliphatic heterocycles. The van der Waals surface area contributed by atoms with E-state index in [1.165, 1.54) is 11.0 Å². The largest absolute Gasteiger partial charge is 0.416 e. The van der Waals surface area contributed by atoms with Gasteiger partial charge in [-0.05, 0) is 37.1 Å². The monoisotopic (exact) mass is 329 g/mol. The first kappa shape index (κ1) is 17.1. The van der Waals surface area contributed by atoms with Gasteiger partial charge in [0.25, 0.3) is 0 Å². The lowest BCUT2D eigenvalue weighted by Gasteiger charge is -2.32. The average molecular weight is 329 g/mol. The Morgan fingerprint density at radius 2 is 2.13 bits per heavy atom. The number of carbonyl (C=O) groups excluding carboxylic acids is 2. The zero-order valence-electron chi connectivity index (χ0n) is 12.8. The summed E-state index contributed by atoms with van der Waals surface area (Å²) < 4.78 is 37.9. The van der Waals surface area contributed by atoms with Gasteiger partial charge in [-0.2, -0.15) is 13.2 Å². The molecule has 1 aromatic carbocycles. The van der Waals surface area contributed by atoms with E-state index in [0.717, 1.165) is 12.1 Å². The van der Waals surface area contributed by atoms with Crippen molar-refractivity contribution in [1.82, 2.24) is 15.5 Å². The van der Waals surface area contributed by atoms with Gasteiger partial charge in [-0.1, -0.05) is 6.07 Å². The fraction of sp³-hybridized carbons (Fsp3) is 0.467. The summed E-state index contributed by atoms with van der Waals surface area (Å²) in [5.41, 5.74) is 0.330. The molecule has 0 unspecified atom stereocenters. The van der Waals surface area contributed by atoms with Crippen molar-refractivity contribution in [2.45, 2.75) is 32.6 Å². The van der Waals surface area contributed by atoms with Crippen LogP contribution in [0.5, 0.6) is 0 Å². The number of hydrogen-bond donors (Lipinski definition) is 2. The summed E-state index contributed by atoms with van der Waals surface area (Å²) in [7, 11) is 0. The van der Waals surface area contributed by atoms with E-state index in [2.05, 4.69) is 10.6 Å². The molecule has 1 heterocycles. The minimum Gasteiger partial charge on any atom is -0.353 e. The number of amides is 3. The second-order valence-electron chi connectivity index (χ2n) is 5.46. The summed E-state index contributed by atoms with van der Waals surface area (Å²) in [5, 5.41) is 5.30. The zero-order chi connectivity index (χ0) is 17.2. The molecule has 126 valence electrons. The van der Waals surface area contributed by atoms with Crippen molar-refractivity contribution in [3.63, 3.8) is 0 Å². The van der Waals surface area contributed by atoms with Crippen LogP contribution in [0, 0.1) is 6.92 Å². The Hall–Kier alpha value is -2.25. The van der Waals surface area contributed by atoms with E-state index in [0.29, 0.717) is 24.2 Å².